The first-order valence-corrected chi connectivity index (χ1v) is 6.46. The zero-order valence-corrected chi connectivity index (χ0v) is 9.48. The molecule has 1 unspecified atom stereocenters. The fourth-order valence-electron chi connectivity index (χ4n) is 1.65. The van der Waals surface area contributed by atoms with E-state index in [9.17, 15) is 0 Å². The Hall–Kier alpha value is -0.340. The topological polar surface area (TPSA) is 9.23 Å². The van der Waals surface area contributed by atoms with Gasteiger partial charge in [0.25, 0.3) is 0 Å². The van der Waals surface area contributed by atoms with Crippen LogP contribution in [0.15, 0.2) is 24.3 Å². The Morgan fingerprint density at radius 2 is 2.29 bits per heavy atom. The van der Waals surface area contributed by atoms with E-state index in [0.29, 0.717) is 5.92 Å². The molecule has 1 aliphatic heterocycles. The van der Waals surface area contributed by atoms with Crippen molar-refractivity contribution in [2.45, 2.75) is 5.92 Å². The number of alkyl halides is 1. The van der Waals surface area contributed by atoms with Crippen LogP contribution in [0, 0.1) is 0 Å². The van der Waals surface area contributed by atoms with Gasteiger partial charge in [-0.3, -0.25) is 0 Å². The van der Waals surface area contributed by atoms with Crippen molar-refractivity contribution in [3.05, 3.63) is 29.8 Å². The average Bonchev–Trinajstić information content (AvgIpc) is 2.63. The molecule has 0 amide bonds. The van der Waals surface area contributed by atoms with Crippen molar-refractivity contribution in [2.24, 2.45) is 0 Å². The van der Waals surface area contributed by atoms with Gasteiger partial charge in [-0.25, -0.2) is 0 Å². The molecule has 0 saturated carbocycles. The van der Waals surface area contributed by atoms with E-state index in [-0.39, 0.29) is 0 Å². The number of hydrogen-bond acceptors (Lipinski definition) is 2. The van der Waals surface area contributed by atoms with Gasteiger partial charge in [0.05, 0.1) is 6.61 Å². The molecule has 0 fully saturated rings. The van der Waals surface area contributed by atoms with E-state index in [0.717, 1.165) is 29.7 Å². The standard InChI is InChI=1S/C11H13ClOS/c12-5-6-14-8-9-7-13-11-4-2-1-3-10(9)11/h1-4,9H,5-8H2. The van der Waals surface area contributed by atoms with E-state index in [1.54, 1.807) is 0 Å². The quantitative estimate of drug-likeness (QED) is 0.579. The molecule has 14 heavy (non-hydrogen) atoms. The Labute approximate surface area is 93.8 Å². The van der Waals surface area contributed by atoms with Crippen LogP contribution in [0.25, 0.3) is 0 Å². The average molecular weight is 229 g/mol. The minimum Gasteiger partial charge on any atom is -0.493 e. The van der Waals surface area contributed by atoms with Gasteiger partial charge in [0.2, 0.25) is 0 Å². The summed E-state index contributed by atoms with van der Waals surface area (Å²) < 4.78 is 5.60. The molecule has 1 aromatic carbocycles. The number of thioether (sulfide) groups is 1. The van der Waals surface area contributed by atoms with Crippen LogP contribution in [0.2, 0.25) is 0 Å². The predicted molar refractivity (Wildman–Crippen MR) is 62.7 cm³/mol. The van der Waals surface area contributed by atoms with Crippen LogP contribution < -0.4 is 4.74 Å². The summed E-state index contributed by atoms with van der Waals surface area (Å²) in [4.78, 5) is 0. The van der Waals surface area contributed by atoms with Crippen molar-refractivity contribution in [3.63, 3.8) is 0 Å². The molecule has 0 aliphatic carbocycles. The summed E-state index contributed by atoms with van der Waals surface area (Å²) in [5.74, 6) is 4.49. The highest BCUT2D eigenvalue weighted by Gasteiger charge is 2.22. The first-order valence-electron chi connectivity index (χ1n) is 4.77. The van der Waals surface area contributed by atoms with Crippen molar-refractivity contribution in [1.29, 1.82) is 0 Å². The molecule has 1 aliphatic rings. The Morgan fingerprint density at radius 3 is 3.14 bits per heavy atom. The Balaban J connectivity index is 1.96. The van der Waals surface area contributed by atoms with Crippen molar-refractivity contribution in [3.8, 4) is 5.75 Å². The second kappa shape index (κ2) is 4.94. The van der Waals surface area contributed by atoms with E-state index in [4.69, 9.17) is 16.3 Å². The lowest BCUT2D eigenvalue weighted by Gasteiger charge is -2.06. The third kappa shape index (κ3) is 2.18. The molecule has 0 bridgehead atoms. The Kier molecular flexibility index (Phi) is 3.60. The fourth-order valence-corrected chi connectivity index (χ4v) is 2.81. The predicted octanol–water partition coefficient (Wildman–Crippen LogP) is 3.13. The van der Waals surface area contributed by atoms with Gasteiger partial charge in [-0.1, -0.05) is 18.2 Å². The third-order valence-electron chi connectivity index (χ3n) is 2.34. The van der Waals surface area contributed by atoms with E-state index in [1.807, 2.05) is 23.9 Å². The molecule has 0 radical (unpaired) electrons. The highest BCUT2D eigenvalue weighted by Crippen LogP contribution is 2.35. The number of rotatable bonds is 4. The van der Waals surface area contributed by atoms with Crippen LogP contribution >= 0.6 is 23.4 Å². The SMILES string of the molecule is ClCCSCC1COc2ccccc21. The zero-order valence-electron chi connectivity index (χ0n) is 7.91. The molecule has 0 aromatic heterocycles. The number of halogens is 1. The second-order valence-electron chi connectivity index (χ2n) is 3.31. The van der Waals surface area contributed by atoms with Gasteiger partial charge in [-0.05, 0) is 6.07 Å². The highest BCUT2D eigenvalue weighted by molar-refractivity contribution is 7.99. The molecule has 1 heterocycles. The molecule has 0 N–H and O–H groups in total. The minimum absolute atomic E-state index is 0.555. The molecule has 1 nitrogen and oxygen atoms in total. The first-order chi connectivity index (χ1) is 6.92. The van der Waals surface area contributed by atoms with Gasteiger partial charge in [0.1, 0.15) is 5.75 Å². The zero-order chi connectivity index (χ0) is 9.80. The minimum atomic E-state index is 0.555. The summed E-state index contributed by atoms with van der Waals surface area (Å²) in [5, 5.41) is 0. The van der Waals surface area contributed by atoms with E-state index < -0.39 is 0 Å². The van der Waals surface area contributed by atoms with Crippen molar-refractivity contribution in [1.82, 2.24) is 0 Å². The van der Waals surface area contributed by atoms with Crippen LogP contribution in [0.1, 0.15) is 11.5 Å². The molecule has 1 atom stereocenters. The second-order valence-corrected chi connectivity index (χ2v) is 4.84. The normalized spacial score (nSPS) is 19.1. The van der Waals surface area contributed by atoms with Gasteiger partial charge in [0, 0.05) is 28.9 Å². The van der Waals surface area contributed by atoms with Crippen molar-refractivity contribution in [2.75, 3.05) is 24.0 Å². The van der Waals surface area contributed by atoms with Crippen LogP contribution in [-0.4, -0.2) is 24.0 Å². The number of ether oxygens (including phenoxy) is 1. The van der Waals surface area contributed by atoms with Crippen molar-refractivity contribution < 1.29 is 4.74 Å². The number of para-hydroxylation sites is 1. The van der Waals surface area contributed by atoms with Crippen LogP contribution in [0.5, 0.6) is 5.75 Å². The molecule has 76 valence electrons. The van der Waals surface area contributed by atoms with Gasteiger partial charge < -0.3 is 4.74 Å². The maximum atomic E-state index is 5.64. The lowest BCUT2D eigenvalue weighted by molar-refractivity contribution is 0.339. The highest BCUT2D eigenvalue weighted by atomic mass is 35.5. The maximum absolute atomic E-state index is 5.64. The number of fused-ring (bicyclic) bond motifs is 1. The van der Waals surface area contributed by atoms with Gasteiger partial charge in [0.15, 0.2) is 0 Å². The summed E-state index contributed by atoms with van der Waals surface area (Å²) >= 11 is 7.54. The molecule has 0 spiro atoms. The molecule has 0 saturated heterocycles. The molecule has 2 rings (SSSR count). The monoisotopic (exact) mass is 228 g/mol. The van der Waals surface area contributed by atoms with Gasteiger partial charge in [-0.15, -0.1) is 11.6 Å². The molecule has 3 heteroatoms. The maximum Gasteiger partial charge on any atom is 0.122 e. The van der Waals surface area contributed by atoms with E-state index >= 15 is 0 Å². The van der Waals surface area contributed by atoms with Gasteiger partial charge >= 0.3 is 0 Å². The Bertz CT molecular complexity index is 303. The summed E-state index contributed by atoms with van der Waals surface area (Å²) in [6.07, 6.45) is 0. The van der Waals surface area contributed by atoms with Crippen LogP contribution in [0.4, 0.5) is 0 Å². The summed E-state index contributed by atoms with van der Waals surface area (Å²) in [6, 6.07) is 8.30. The molecular formula is C11H13ClOS. The van der Waals surface area contributed by atoms with Crippen LogP contribution in [-0.2, 0) is 0 Å². The molecule has 1 aromatic rings. The summed E-state index contributed by atoms with van der Waals surface area (Å²) in [6.45, 7) is 0.828. The third-order valence-corrected chi connectivity index (χ3v) is 3.88. The number of hydrogen-bond donors (Lipinski definition) is 0. The Morgan fingerprint density at radius 1 is 1.43 bits per heavy atom. The van der Waals surface area contributed by atoms with E-state index in [1.165, 1.54) is 5.56 Å². The fraction of sp³-hybridized carbons (Fsp3) is 0.455. The number of benzene rings is 1. The first kappa shape index (κ1) is 10.2. The lowest BCUT2D eigenvalue weighted by atomic mass is 10.0. The van der Waals surface area contributed by atoms with Crippen LogP contribution in [0.3, 0.4) is 0 Å². The van der Waals surface area contributed by atoms with E-state index in [2.05, 4.69) is 12.1 Å². The molecular weight excluding hydrogens is 216 g/mol. The van der Waals surface area contributed by atoms with Gasteiger partial charge in [-0.2, -0.15) is 11.8 Å². The summed E-state index contributed by atoms with van der Waals surface area (Å²) in [5.41, 5.74) is 1.36. The smallest absolute Gasteiger partial charge is 0.122 e. The largest absolute Gasteiger partial charge is 0.493 e. The summed E-state index contributed by atoms with van der Waals surface area (Å²) in [7, 11) is 0. The lowest BCUT2D eigenvalue weighted by Crippen LogP contribution is -2.04. The van der Waals surface area contributed by atoms with Crippen molar-refractivity contribution >= 4 is 23.4 Å².